The number of thiazole rings is 1. The van der Waals surface area contributed by atoms with E-state index in [-0.39, 0.29) is 0 Å². The molecule has 0 unspecified atom stereocenters. The van der Waals surface area contributed by atoms with E-state index in [1.54, 1.807) is 18.3 Å². The standard InChI is InChI=1S/C20H16N4O2S2/c1-12-3-4-15(18-21-9-10-27-18)11-17(12)14-5-7-16(8-6-14)22-20(25)26-19-13(2)23-24-28-19/h3-11H,1-2H3,(H,22,25). The second-order valence-corrected chi connectivity index (χ2v) is 7.72. The maximum atomic E-state index is 12.0. The van der Waals surface area contributed by atoms with Crippen LogP contribution in [0.4, 0.5) is 10.5 Å². The number of nitrogens with one attached hydrogen (secondary N) is 1. The van der Waals surface area contributed by atoms with Crippen molar-refractivity contribution in [1.82, 2.24) is 14.6 Å². The average Bonchev–Trinajstić information content (AvgIpc) is 3.36. The first-order valence-electron chi connectivity index (χ1n) is 8.49. The fourth-order valence-electron chi connectivity index (χ4n) is 2.71. The zero-order valence-electron chi connectivity index (χ0n) is 15.2. The van der Waals surface area contributed by atoms with E-state index in [1.165, 1.54) is 5.56 Å². The minimum atomic E-state index is -0.566. The summed E-state index contributed by atoms with van der Waals surface area (Å²) in [4.78, 5) is 16.4. The van der Waals surface area contributed by atoms with Gasteiger partial charge in [-0.2, -0.15) is 0 Å². The van der Waals surface area contributed by atoms with Crippen molar-refractivity contribution in [2.24, 2.45) is 0 Å². The molecule has 2 aromatic carbocycles. The SMILES string of the molecule is Cc1ccc(-c2nccs2)cc1-c1ccc(NC(=O)Oc2snnc2C)cc1. The minimum Gasteiger partial charge on any atom is -0.395 e. The number of benzene rings is 2. The molecular formula is C20H16N4O2S2. The summed E-state index contributed by atoms with van der Waals surface area (Å²) in [5.74, 6) is 0. The van der Waals surface area contributed by atoms with Crippen LogP contribution in [0.15, 0.2) is 54.0 Å². The number of ether oxygens (including phenoxy) is 1. The zero-order chi connectivity index (χ0) is 19.5. The predicted molar refractivity (Wildman–Crippen MR) is 112 cm³/mol. The molecule has 0 saturated carbocycles. The normalized spacial score (nSPS) is 10.6. The molecule has 4 rings (SSSR count). The summed E-state index contributed by atoms with van der Waals surface area (Å²) in [5.41, 5.74) is 5.71. The number of aryl methyl sites for hydroxylation is 2. The van der Waals surface area contributed by atoms with Gasteiger partial charge in [-0.05, 0) is 48.7 Å². The van der Waals surface area contributed by atoms with Crippen LogP contribution in [0, 0.1) is 13.8 Å². The van der Waals surface area contributed by atoms with Crippen LogP contribution in [0.5, 0.6) is 5.06 Å². The molecule has 1 N–H and O–H groups in total. The summed E-state index contributed by atoms with van der Waals surface area (Å²) < 4.78 is 8.96. The van der Waals surface area contributed by atoms with Crippen molar-refractivity contribution in [1.29, 1.82) is 0 Å². The van der Waals surface area contributed by atoms with Crippen LogP contribution in [0.2, 0.25) is 0 Å². The van der Waals surface area contributed by atoms with Gasteiger partial charge in [0.05, 0.1) is 0 Å². The number of anilines is 1. The van der Waals surface area contributed by atoms with Gasteiger partial charge in [0.1, 0.15) is 10.7 Å². The number of amides is 1. The Kier molecular flexibility index (Phi) is 5.14. The van der Waals surface area contributed by atoms with E-state index in [2.05, 4.69) is 45.0 Å². The van der Waals surface area contributed by atoms with E-state index < -0.39 is 6.09 Å². The van der Waals surface area contributed by atoms with Crippen LogP contribution in [-0.2, 0) is 0 Å². The molecule has 4 aromatic rings. The molecule has 0 spiro atoms. The number of carbonyl (C=O) groups is 1. The topological polar surface area (TPSA) is 77.0 Å². The molecule has 28 heavy (non-hydrogen) atoms. The van der Waals surface area contributed by atoms with Gasteiger partial charge in [0, 0.05) is 34.4 Å². The van der Waals surface area contributed by atoms with E-state index in [0.29, 0.717) is 16.4 Å². The Hall–Kier alpha value is -3.10. The molecule has 1 amide bonds. The van der Waals surface area contributed by atoms with Crippen molar-refractivity contribution in [3.05, 3.63) is 65.3 Å². The van der Waals surface area contributed by atoms with Crippen LogP contribution in [-0.4, -0.2) is 20.7 Å². The van der Waals surface area contributed by atoms with Crippen molar-refractivity contribution >= 4 is 34.6 Å². The Labute approximate surface area is 170 Å². The Bertz CT molecular complexity index is 1110. The number of hydrogen-bond donors (Lipinski definition) is 1. The van der Waals surface area contributed by atoms with Gasteiger partial charge >= 0.3 is 6.09 Å². The van der Waals surface area contributed by atoms with Crippen molar-refractivity contribution in [3.8, 4) is 26.8 Å². The van der Waals surface area contributed by atoms with Crippen molar-refractivity contribution < 1.29 is 9.53 Å². The van der Waals surface area contributed by atoms with Crippen LogP contribution in [0.1, 0.15) is 11.3 Å². The highest BCUT2D eigenvalue weighted by molar-refractivity contribution is 7.13. The summed E-state index contributed by atoms with van der Waals surface area (Å²) in [6.45, 7) is 3.82. The highest BCUT2D eigenvalue weighted by Gasteiger charge is 2.11. The van der Waals surface area contributed by atoms with E-state index >= 15 is 0 Å². The summed E-state index contributed by atoms with van der Waals surface area (Å²) in [5, 5.41) is 9.89. The van der Waals surface area contributed by atoms with Gasteiger partial charge in [0.25, 0.3) is 0 Å². The minimum absolute atomic E-state index is 0.392. The highest BCUT2D eigenvalue weighted by Crippen LogP contribution is 2.31. The first-order chi connectivity index (χ1) is 13.6. The van der Waals surface area contributed by atoms with E-state index in [0.717, 1.165) is 33.2 Å². The summed E-state index contributed by atoms with van der Waals surface area (Å²) in [6.07, 6.45) is 1.24. The molecule has 2 aromatic heterocycles. The van der Waals surface area contributed by atoms with E-state index in [9.17, 15) is 4.79 Å². The van der Waals surface area contributed by atoms with Gasteiger partial charge in [-0.15, -0.1) is 16.4 Å². The Balaban J connectivity index is 1.51. The highest BCUT2D eigenvalue weighted by atomic mass is 32.1. The smallest absolute Gasteiger partial charge is 0.395 e. The third kappa shape index (κ3) is 3.92. The Morgan fingerprint density at radius 2 is 1.86 bits per heavy atom. The number of rotatable bonds is 4. The second-order valence-electron chi connectivity index (χ2n) is 6.10. The fourth-order valence-corrected chi connectivity index (χ4v) is 3.87. The molecule has 0 aliphatic carbocycles. The van der Waals surface area contributed by atoms with Crippen molar-refractivity contribution in [2.45, 2.75) is 13.8 Å². The van der Waals surface area contributed by atoms with Gasteiger partial charge in [-0.25, -0.2) is 9.78 Å². The van der Waals surface area contributed by atoms with E-state index in [1.807, 2.05) is 35.8 Å². The van der Waals surface area contributed by atoms with Crippen molar-refractivity contribution in [3.63, 3.8) is 0 Å². The molecule has 8 heteroatoms. The van der Waals surface area contributed by atoms with Crippen LogP contribution in [0.25, 0.3) is 21.7 Å². The Morgan fingerprint density at radius 3 is 2.54 bits per heavy atom. The molecule has 0 aliphatic rings. The van der Waals surface area contributed by atoms with Gasteiger partial charge in [-0.1, -0.05) is 28.8 Å². The van der Waals surface area contributed by atoms with Crippen molar-refractivity contribution in [2.75, 3.05) is 5.32 Å². The molecule has 6 nitrogen and oxygen atoms in total. The first-order valence-corrected chi connectivity index (χ1v) is 10.1. The third-order valence-corrected chi connectivity index (χ3v) is 5.68. The second kappa shape index (κ2) is 7.87. The third-order valence-electron chi connectivity index (χ3n) is 4.15. The fraction of sp³-hybridized carbons (Fsp3) is 0.100. The first kappa shape index (κ1) is 18.3. The summed E-state index contributed by atoms with van der Waals surface area (Å²) in [6, 6.07) is 14.0. The summed E-state index contributed by atoms with van der Waals surface area (Å²) >= 11 is 2.66. The lowest BCUT2D eigenvalue weighted by molar-refractivity contribution is 0.216. The van der Waals surface area contributed by atoms with Gasteiger partial charge in [-0.3, -0.25) is 5.32 Å². The average molecular weight is 409 g/mol. The number of carbonyl (C=O) groups excluding carboxylic acids is 1. The number of aromatic nitrogens is 3. The lowest BCUT2D eigenvalue weighted by Gasteiger charge is -2.10. The molecule has 0 radical (unpaired) electrons. The summed E-state index contributed by atoms with van der Waals surface area (Å²) in [7, 11) is 0. The monoisotopic (exact) mass is 408 g/mol. The lowest BCUT2D eigenvalue weighted by atomic mass is 9.98. The maximum Gasteiger partial charge on any atom is 0.418 e. The largest absolute Gasteiger partial charge is 0.418 e. The number of hydrogen-bond acceptors (Lipinski definition) is 7. The molecule has 0 aliphatic heterocycles. The number of nitrogens with zero attached hydrogens (tertiary/aromatic N) is 3. The molecule has 0 atom stereocenters. The quantitative estimate of drug-likeness (QED) is 0.479. The Morgan fingerprint density at radius 1 is 1.07 bits per heavy atom. The molecule has 2 heterocycles. The predicted octanol–water partition coefficient (Wildman–Crippen LogP) is 5.56. The van der Waals surface area contributed by atoms with Crippen LogP contribution < -0.4 is 10.1 Å². The van der Waals surface area contributed by atoms with Gasteiger partial charge < -0.3 is 4.74 Å². The molecule has 140 valence electrons. The van der Waals surface area contributed by atoms with E-state index in [4.69, 9.17) is 4.74 Å². The molecule has 0 fully saturated rings. The lowest BCUT2D eigenvalue weighted by Crippen LogP contribution is -2.16. The molecule has 0 bridgehead atoms. The van der Waals surface area contributed by atoms with Gasteiger partial charge in [0.15, 0.2) is 0 Å². The maximum absolute atomic E-state index is 12.0. The van der Waals surface area contributed by atoms with Gasteiger partial charge in [0.2, 0.25) is 5.06 Å². The zero-order valence-corrected chi connectivity index (χ0v) is 16.8. The van der Waals surface area contributed by atoms with Crippen LogP contribution >= 0.6 is 22.9 Å². The molecular weight excluding hydrogens is 392 g/mol. The van der Waals surface area contributed by atoms with Crippen LogP contribution in [0.3, 0.4) is 0 Å². The molecule has 0 saturated heterocycles.